The molecular weight excluding hydrogens is 300 g/mol. The van der Waals surface area contributed by atoms with Crippen LogP contribution in [0.4, 0.5) is 0 Å². The number of para-hydroxylation sites is 1. The molecule has 0 bridgehead atoms. The molecule has 0 aliphatic heterocycles. The Balaban J connectivity index is 1.60. The molecule has 2 rings (SSSR count). The molecule has 0 fully saturated rings. The maximum absolute atomic E-state index is 5.67. The van der Waals surface area contributed by atoms with E-state index in [-0.39, 0.29) is 0 Å². The molecule has 0 saturated heterocycles. The van der Waals surface area contributed by atoms with E-state index in [4.69, 9.17) is 4.74 Å². The topological polar surface area (TPSA) is 58.5 Å². The Morgan fingerprint density at radius 3 is 2.67 bits per heavy atom. The van der Waals surface area contributed by atoms with Crippen molar-refractivity contribution in [2.24, 2.45) is 4.99 Å². The Kier molecular flexibility index (Phi) is 7.60. The first-order valence-electron chi connectivity index (χ1n) is 8.31. The number of aryl methyl sites for hydroxylation is 1. The summed E-state index contributed by atoms with van der Waals surface area (Å²) < 4.78 is 5.67. The van der Waals surface area contributed by atoms with Crippen LogP contribution < -0.4 is 15.4 Å². The molecule has 2 N–H and O–H groups in total. The molecule has 1 heterocycles. The second kappa shape index (κ2) is 10.3. The van der Waals surface area contributed by atoms with E-state index in [0.29, 0.717) is 6.61 Å². The van der Waals surface area contributed by atoms with Crippen LogP contribution in [0.5, 0.6) is 5.75 Å². The number of hydrogen-bond acceptors (Lipinski definition) is 3. The van der Waals surface area contributed by atoms with Crippen molar-refractivity contribution in [1.29, 1.82) is 0 Å². The van der Waals surface area contributed by atoms with Crippen LogP contribution in [0.1, 0.15) is 17.5 Å². The third-order valence-corrected chi connectivity index (χ3v) is 3.67. The van der Waals surface area contributed by atoms with Crippen LogP contribution in [-0.4, -0.2) is 37.7 Å². The number of ether oxygens (including phenoxy) is 1. The predicted molar refractivity (Wildman–Crippen MR) is 98.6 cm³/mol. The maximum atomic E-state index is 5.67. The smallest absolute Gasteiger partial charge is 0.190 e. The van der Waals surface area contributed by atoms with Crippen LogP contribution in [0.25, 0.3) is 0 Å². The number of aliphatic imine (C=N–C) groups is 1. The van der Waals surface area contributed by atoms with Crippen LogP contribution >= 0.6 is 0 Å². The molecule has 0 aliphatic carbocycles. The Morgan fingerprint density at radius 1 is 1.12 bits per heavy atom. The average Bonchev–Trinajstić information content (AvgIpc) is 2.62. The third kappa shape index (κ3) is 6.28. The van der Waals surface area contributed by atoms with Gasteiger partial charge in [-0.05, 0) is 49.1 Å². The lowest BCUT2D eigenvalue weighted by Gasteiger charge is -2.12. The minimum absolute atomic E-state index is 0.685. The second-order valence-corrected chi connectivity index (χ2v) is 5.49. The van der Waals surface area contributed by atoms with Crippen molar-refractivity contribution < 1.29 is 4.74 Å². The van der Waals surface area contributed by atoms with Crippen LogP contribution in [0, 0.1) is 6.92 Å². The standard InChI is InChI=1S/C19H26N4O/c1-16-15-21-12-9-17(16)10-13-23-19(20-2)22-11-6-14-24-18-7-4-3-5-8-18/h3-5,7-9,12,15H,6,10-11,13-14H2,1-2H3,(H2,20,22,23). The van der Waals surface area contributed by atoms with Crippen molar-refractivity contribution in [2.75, 3.05) is 26.7 Å². The number of rotatable bonds is 8. The van der Waals surface area contributed by atoms with Gasteiger partial charge in [0.25, 0.3) is 0 Å². The zero-order valence-electron chi connectivity index (χ0n) is 14.5. The first kappa shape index (κ1) is 17.8. The molecule has 1 aromatic carbocycles. The summed E-state index contributed by atoms with van der Waals surface area (Å²) in [5.41, 5.74) is 2.53. The number of nitrogens with one attached hydrogen (secondary N) is 2. The van der Waals surface area contributed by atoms with Crippen LogP contribution in [-0.2, 0) is 6.42 Å². The monoisotopic (exact) mass is 326 g/mol. The van der Waals surface area contributed by atoms with Crippen LogP contribution in [0.15, 0.2) is 53.8 Å². The summed E-state index contributed by atoms with van der Waals surface area (Å²) in [6, 6.07) is 11.9. The van der Waals surface area contributed by atoms with Gasteiger partial charge in [0.15, 0.2) is 5.96 Å². The van der Waals surface area contributed by atoms with Gasteiger partial charge in [-0.15, -0.1) is 0 Å². The zero-order chi connectivity index (χ0) is 17.0. The van der Waals surface area contributed by atoms with Gasteiger partial charge in [0, 0.05) is 32.5 Å². The van der Waals surface area contributed by atoms with Gasteiger partial charge in [0.05, 0.1) is 6.61 Å². The fourth-order valence-electron chi connectivity index (χ4n) is 2.30. The highest BCUT2D eigenvalue weighted by Crippen LogP contribution is 2.08. The van der Waals surface area contributed by atoms with Gasteiger partial charge < -0.3 is 15.4 Å². The van der Waals surface area contributed by atoms with Crippen molar-refractivity contribution in [3.05, 3.63) is 59.9 Å². The van der Waals surface area contributed by atoms with E-state index in [0.717, 1.165) is 37.6 Å². The van der Waals surface area contributed by atoms with Gasteiger partial charge in [-0.25, -0.2) is 0 Å². The summed E-state index contributed by atoms with van der Waals surface area (Å²) in [6.07, 6.45) is 5.60. The van der Waals surface area contributed by atoms with Crippen molar-refractivity contribution in [2.45, 2.75) is 19.8 Å². The van der Waals surface area contributed by atoms with Gasteiger partial charge in [0.2, 0.25) is 0 Å². The number of pyridine rings is 1. The molecule has 128 valence electrons. The molecule has 0 atom stereocenters. The normalized spacial score (nSPS) is 11.2. The molecule has 0 unspecified atom stereocenters. The molecule has 5 heteroatoms. The highest BCUT2D eigenvalue weighted by atomic mass is 16.5. The third-order valence-electron chi connectivity index (χ3n) is 3.67. The van der Waals surface area contributed by atoms with Crippen molar-refractivity contribution in [1.82, 2.24) is 15.6 Å². The highest BCUT2D eigenvalue weighted by molar-refractivity contribution is 5.79. The Bertz CT molecular complexity index is 628. The molecule has 0 amide bonds. The number of nitrogens with zero attached hydrogens (tertiary/aromatic N) is 2. The summed E-state index contributed by atoms with van der Waals surface area (Å²) in [6.45, 7) is 4.43. The van der Waals surface area contributed by atoms with Crippen molar-refractivity contribution in [3.8, 4) is 5.75 Å². The Morgan fingerprint density at radius 2 is 1.92 bits per heavy atom. The van der Waals surface area contributed by atoms with E-state index in [1.165, 1.54) is 11.1 Å². The molecular formula is C19H26N4O. The molecule has 2 aromatic rings. The summed E-state index contributed by atoms with van der Waals surface area (Å²) in [7, 11) is 1.79. The number of aromatic nitrogens is 1. The number of hydrogen-bond donors (Lipinski definition) is 2. The van der Waals surface area contributed by atoms with E-state index in [1.807, 2.05) is 42.7 Å². The number of benzene rings is 1. The molecule has 0 saturated carbocycles. The van der Waals surface area contributed by atoms with E-state index in [2.05, 4.69) is 33.6 Å². The minimum Gasteiger partial charge on any atom is -0.494 e. The fourth-order valence-corrected chi connectivity index (χ4v) is 2.30. The van der Waals surface area contributed by atoms with Crippen molar-refractivity contribution in [3.63, 3.8) is 0 Å². The molecule has 0 spiro atoms. The van der Waals surface area contributed by atoms with Gasteiger partial charge in [0.1, 0.15) is 5.75 Å². The Labute approximate surface area is 144 Å². The first-order chi connectivity index (χ1) is 11.8. The van der Waals surface area contributed by atoms with E-state index < -0.39 is 0 Å². The summed E-state index contributed by atoms with van der Waals surface area (Å²) in [5, 5.41) is 6.63. The highest BCUT2D eigenvalue weighted by Gasteiger charge is 2.00. The SMILES string of the molecule is CN=C(NCCCOc1ccccc1)NCCc1ccncc1C. The first-order valence-corrected chi connectivity index (χ1v) is 8.31. The van der Waals surface area contributed by atoms with Crippen LogP contribution in [0.2, 0.25) is 0 Å². The fraction of sp³-hybridized carbons (Fsp3) is 0.368. The zero-order valence-corrected chi connectivity index (χ0v) is 14.5. The lowest BCUT2D eigenvalue weighted by atomic mass is 10.1. The molecule has 24 heavy (non-hydrogen) atoms. The van der Waals surface area contributed by atoms with Crippen LogP contribution in [0.3, 0.4) is 0 Å². The summed E-state index contributed by atoms with van der Waals surface area (Å²) >= 11 is 0. The molecule has 0 radical (unpaired) electrons. The van der Waals surface area contributed by atoms with E-state index >= 15 is 0 Å². The summed E-state index contributed by atoms with van der Waals surface area (Å²) in [4.78, 5) is 8.35. The van der Waals surface area contributed by atoms with Crippen molar-refractivity contribution >= 4 is 5.96 Å². The molecule has 5 nitrogen and oxygen atoms in total. The lowest BCUT2D eigenvalue weighted by molar-refractivity contribution is 0.311. The van der Waals surface area contributed by atoms with Gasteiger partial charge in [-0.3, -0.25) is 9.98 Å². The molecule has 0 aliphatic rings. The van der Waals surface area contributed by atoms with Gasteiger partial charge in [-0.2, -0.15) is 0 Å². The predicted octanol–water partition coefficient (Wildman–Crippen LogP) is 2.57. The average molecular weight is 326 g/mol. The number of guanidine groups is 1. The van der Waals surface area contributed by atoms with E-state index in [9.17, 15) is 0 Å². The Hall–Kier alpha value is -2.56. The second-order valence-electron chi connectivity index (χ2n) is 5.49. The largest absolute Gasteiger partial charge is 0.494 e. The summed E-state index contributed by atoms with van der Waals surface area (Å²) in [5.74, 6) is 1.73. The molecule has 1 aromatic heterocycles. The van der Waals surface area contributed by atoms with Gasteiger partial charge >= 0.3 is 0 Å². The minimum atomic E-state index is 0.685. The van der Waals surface area contributed by atoms with Gasteiger partial charge in [-0.1, -0.05) is 18.2 Å². The lowest BCUT2D eigenvalue weighted by Crippen LogP contribution is -2.39. The van der Waals surface area contributed by atoms with E-state index in [1.54, 1.807) is 7.05 Å². The quantitative estimate of drug-likeness (QED) is 0.445. The maximum Gasteiger partial charge on any atom is 0.190 e.